The largest absolute Gasteiger partial charge is 0.468 e. The summed E-state index contributed by atoms with van der Waals surface area (Å²) >= 11 is 0. The molecule has 0 saturated carbocycles. The molecule has 0 radical (unpaired) electrons. The van der Waals surface area contributed by atoms with Crippen LogP contribution in [0.25, 0.3) is 0 Å². The summed E-state index contributed by atoms with van der Waals surface area (Å²) in [7, 11) is -3.03. The van der Waals surface area contributed by atoms with Gasteiger partial charge in [-0.05, 0) is 57.3 Å². The van der Waals surface area contributed by atoms with Crippen LogP contribution in [0, 0.1) is 0 Å². The Morgan fingerprint density at radius 2 is 0.885 bits per heavy atom. The molecule has 6 rings (SSSR count). The second-order valence-corrected chi connectivity index (χ2v) is 20.6. The fourth-order valence-electron chi connectivity index (χ4n) is 9.20. The van der Waals surface area contributed by atoms with E-state index in [0.29, 0.717) is 16.6 Å². The van der Waals surface area contributed by atoms with Crippen molar-refractivity contribution < 1.29 is 13.7 Å². The predicted molar refractivity (Wildman–Crippen MR) is 220 cm³/mol. The van der Waals surface area contributed by atoms with E-state index in [4.69, 9.17) is 13.7 Å². The maximum absolute atomic E-state index is 7.78. The van der Waals surface area contributed by atoms with Crippen molar-refractivity contribution in [2.45, 2.75) is 94.1 Å². The van der Waals surface area contributed by atoms with E-state index in [9.17, 15) is 0 Å². The van der Waals surface area contributed by atoms with Crippen molar-refractivity contribution in [2.75, 3.05) is 0 Å². The van der Waals surface area contributed by atoms with Gasteiger partial charge in [0, 0.05) is 5.82 Å². The molecule has 0 aromatic heterocycles. The highest BCUT2D eigenvalue weighted by Crippen LogP contribution is 2.60. The van der Waals surface area contributed by atoms with Crippen molar-refractivity contribution in [1.29, 1.82) is 0 Å². The van der Waals surface area contributed by atoms with Gasteiger partial charge in [-0.25, -0.2) is 0 Å². The van der Waals surface area contributed by atoms with Crippen molar-refractivity contribution >= 4 is 15.4 Å². The molecular weight excluding hydrogens is 651 g/mol. The minimum atomic E-state index is -2.34. The Kier molecular flexibility index (Phi) is 11.9. The van der Waals surface area contributed by atoms with E-state index in [1.807, 2.05) is 6.08 Å². The van der Waals surface area contributed by atoms with Crippen LogP contribution < -0.4 is 0 Å². The average Bonchev–Trinajstić information content (AvgIpc) is 3.55. The van der Waals surface area contributed by atoms with Crippen molar-refractivity contribution in [2.24, 2.45) is 0 Å². The van der Waals surface area contributed by atoms with Crippen LogP contribution >= 0.6 is 0 Å². The van der Waals surface area contributed by atoms with E-state index >= 15 is 0 Å². The van der Waals surface area contributed by atoms with E-state index in [0.717, 1.165) is 35.1 Å². The number of hydrogen-bond acceptors (Lipinski definition) is 3. The van der Waals surface area contributed by atoms with Crippen LogP contribution in [0.3, 0.4) is 0 Å². The molecule has 0 unspecified atom stereocenters. The average molecular weight is 707 g/mol. The molecule has 52 heavy (non-hydrogen) atoms. The smallest absolute Gasteiger partial charge is 0.413 e. The quantitative estimate of drug-likeness (QED) is 0.0801. The van der Waals surface area contributed by atoms with Crippen LogP contribution in [0.15, 0.2) is 164 Å². The molecule has 1 saturated heterocycles. The van der Waals surface area contributed by atoms with Crippen LogP contribution in [0.5, 0.6) is 0 Å². The van der Waals surface area contributed by atoms with Gasteiger partial charge in [0.25, 0.3) is 0 Å². The first-order valence-electron chi connectivity index (χ1n) is 19.1. The van der Waals surface area contributed by atoms with E-state index in [1.165, 1.54) is 5.56 Å². The zero-order valence-electron chi connectivity index (χ0n) is 31.8. The van der Waals surface area contributed by atoms with E-state index in [-0.39, 0.29) is 11.9 Å². The van der Waals surface area contributed by atoms with Crippen molar-refractivity contribution in [3.63, 3.8) is 0 Å². The van der Waals surface area contributed by atoms with Crippen LogP contribution in [0.4, 0.5) is 0 Å². The van der Waals surface area contributed by atoms with Crippen LogP contribution in [-0.4, -0.2) is 21.5 Å². The minimum Gasteiger partial charge on any atom is -0.413 e. The van der Waals surface area contributed by atoms with E-state index in [2.05, 4.69) is 200 Å². The van der Waals surface area contributed by atoms with Gasteiger partial charge in [0.15, 0.2) is 0 Å². The van der Waals surface area contributed by atoms with Gasteiger partial charge < -0.3 is 13.7 Å². The second-order valence-electron chi connectivity index (χ2n) is 15.2. The molecule has 1 heterocycles. The Labute approximate surface area is 314 Å². The molecule has 0 aliphatic carbocycles. The molecule has 0 amide bonds. The van der Waals surface area contributed by atoms with Crippen LogP contribution in [0.2, 0.25) is 22.4 Å². The van der Waals surface area contributed by atoms with Gasteiger partial charge in [-0.3, -0.25) is 0 Å². The molecule has 0 N–H and O–H groups in total. The van der Waals surface area contributed by atoms with Crippen molar-refractivity contribution in [1.82, 2.24) is 0 Å². The molecule has 1 fully saturated rings. The fourth-order valence-corrected chi connectivity index (χ4v) is 14.8. The number of benzene rings is 5. The third-order valence-electron chi connectivity index (χ3n) is 11.4. The topological polar surface area (TPSA) is 27.7 Å². The van der Waals surface area contributed by atoms with Crippen molar-refractivity contribution in [3.05, 3.63) is 192 Å². The van der Waals surface area contributed by atoms with Crippen LogP contribution in [-0.2, 0) is 31.4 Å². The van der Waals surface area contributed by atoms with Gasteiger partial charge in [0.1, 0.15) is 11.2 Å². The Balaban J connectivity index is 1.59. The van der Waals surface area contributed by atoms with E-state index in [1.54, 1.807) is 0 Å². The molecule has 0 bridgehead atoms. The zero-order valence-corrected chi connectivity index (χ0v) is 32.8. The molecule has 0 spiro atoms. The predicted octanol–water partition coefficient (Wildman–Crippen LogP) is 12.2. The summed E-state index contributed by atoms with van der Waals surface area (Å²) in [5, 5.41) is 0. The van der Waals surface area contributed by atoms with Gasteiger partial charge in [0.05, 0.1) is 6.10 Å². The van der Waals surface area contributed by atoms with Gasteiger partial charge >= 0.3 is 7.12 Å². The molecule has 5 heteroatoms. The lowest BCUT2D eigenvalue weighted by Crippen LogP contribution is -2.52. The summed E-state index contributed by atoms with van der Waals surface area (Å²) in [6, 6.07) is 53.3. The standard InChI is InChI=1S/C47H55BO3Si/c1-8-44(45(35-34-39-24-14-9-15-25-39)49-52(36(2)3,37(4)5)38(6)7)48-50-46(40-26-16-10-17-27-40,41-28-18-11-19-29-41)47(51-48,42-30-20-12-21-31-42)43-32-22-13-23-33-43/h8-33,36-38,44-45H,1,34-35H2,2-7H3/t44-,45+/m1/s1. The van der Waals surface area contributed by atoms with Gasteiger partial charge in [-0.1, -0.05) is 199 Å². The summed E-state index contributed by atoms with van der Waals surface area (Å²) < 4.78 is 23.3. The van der Waals surface area contributed by atoms with E-state index < -0.39 is 26.6 Å². The Morgan fingerprint density at radius 1 is 0.558 bits per heavy atom. The SMILES string of the molecule is C=C[C@@H](B1OC(c2ccccc2)(c2ccccc2)C(c2ccccc2)(c2ccccc2)O1)[C@H](CCc1ccccc1)O[Si](C(C)C)(C(C)C)C(C)C. The maximum Gasteiger partial charge on any atom is 0.468 e. The lowest BCUT2D eigenvalue weighted by Gasteiger charge is -2.46. The highest BCUT2D eigenvalue weighted by atomic mass is 28.4. The number of hydrogen-bond donors (Lipinski definition) is 0. The van der Waals surface area contributed by atoms with Crippen LogP contribution in [0.1, 0.15) is 75.8 Å². The summed E-state index contributed by atoms with van der Waals surface area (Å²) in [4.78, 5) is 0. The molecule has 1 aliphatic rings. The highest BCUT2D eigenvalue weighted by molar-refractivity contribution is 6.77. The van der Waals surface area contributed by atoms with Gasteiger partial charge in [-0.2, -0.15) is 0 Å². The molecule has 268 valence electrons. The number of aryl methyl sites for hydroxylation is 1. The highest BCUT2D eigenvalue weighted by Gasteiger charge is 2.67. The second kappa shape index (κ2) is 16.3. The summed E-state index contributed by atoms with van der Waals surface area (Å²) in [6.07, 6.45) is 3.56. The third kappa shape index (κ3) is 6.81. The lowest BCUT2D eigenvalue weighted by atomic mass is 9.66. The Hall–Kier alpha value is -4.00. The molecular formula is C47H55BO3Si. The summed E-state index contributed by atoms with van der Waals surface area (Å²) in [6.45, 7) is 18.7. The normalized spacial score (nSPS) is 16.7. The molecule has 5 aromatic carbocycles. The van der Waals surface area contributed by atoms with Gasteiger partial charge in [-0.15, -0.1) is 6.58 Å². The maximum atomic E-state index is 7.78. The monoisotopic (exact) mass is 706 g/mol. The molecule has 5 aromatic rings. The molecule has 1 aliphatic heterocycles. The lowest BCUT2D eigenvalue weighted by molar-refractivity contribution is 0.00370. The zero-order chi connectivity index (χ0) is 36.8. The summed E-state index contributed by atoms with van der Waals surface area (Å²) in [5.74, 6) is -0.270. The summed E-state index contributed by atoms with van der Waals surface area (Å²) in [5.41, 5.74) is 4.53. The third-order valence-corrected chi connectivity index (χ3v) is 17.6. The Bertz CT molecular complexity index is 1640. The van der Waals surface area contributed by atoms with Gasteiger partial charge in [0.2, 0.25) is 8.32 Å². The fraction of sp³-hybridized carbons (Fsp3) is 0.319. The first-order chi connectivity index (χ1) is 25.2. The molecule has 3 nitrogen and oxygen atoms in total. The Morgan fingerprint density at radius 3 is 1.19 bits per heavy atom. The molecule has 2 atom stereocenters. The van der Waals surface area contributed by atoms with Crippen molar-refractivity contribution in [3.8, 4) is 0 Å². The first-order valence-corrected chi connectivity index (χ1v) is 21.3. The first kappa shape index (κ1) is 37.7. The minimum absolute atomic E-state index is 0.187. The number of rotatable bonds is 15.